The molecule has 0 amide bonds. The van der Waals surface area contributed by atoms with Gasteiger partial charge in [-0.25, -0.2) is 9.97 Å². The first-order valence-electron chi connectivity index (χ1n) is 15.9. The average Bonchev–Trinajstić information content (AvgIpc) is 3.18. The van der Waals surface area contributed by atoms with Crippen LogP contribution >= 0.6 is 0 Å². The molecule has 1 aliphatic rings. The van der Waals surface area contributed by atoms with E-state index in [1.807, 2.05) is 0 Å². The van der Waals surface area contributed by atoms with Gasteiger partial charge in [0.1, 0.15) is 0 Å². The predicted octanol–water partition coefficient (Wildman–Crippen LogP) is 11.4. The molecule has 2 heteroatoms. The number of rotatable bonds is 5. The Labute approximate surface area is 267 Å². The van der Waals surface area contributed by atoms with Crippen LogP contribution in [-0.2, 0) is 10.8 Å². The lowest BCUT2D eigenvalue weighted by atomic mass is 9.59. The van der Waals surface area contributed by atoms with Gasteiger partial charge in [-0.2, -0.15) is 0 Å². The van der Waals surface area contributed by atoms with Gasteiger partial charge in [-0.1, -0.05) is 157 Å². The normalized spacial score (nSPS) is 15.9. The summed E-state index contributed by atoms with van der Waals surface area (Å²) in [5, 5.41) is 0. The van der Waals surface area contributed by atoms with Gasteiger partial charge >= 0.3 is 0 Å². The van der Waals surface area contributed by atoms with Gasteiger partial charge in [0.05, 0.1) is 11.4 Å². The van der Waals surface area contributed by atoms with Gasteiger partial charge in [0.2, 0.25) is 0 Å². The molecule has 0 saturated carbocycles. The second-order valence-electron chi connectivity index (χ2n) is 14.0. The lowest BCUT2D eigenvalue weighted by Gasteiger charge is -2.44. The number of fused-ring (bicyclic) bond motifs is 1. The van der Waals surface area contributed by atoms with E-state index in [1.165, 1.54) is 33.4 Å². The molecule has 0 aliphatic heterocycles. The molecular weight excluding hydrogens is 544 g/mol. The van der Waals surface area contributed by atoms with E-state index in [0.29, 0.717) is 0 Å². The Balaban J connectivity index is 1.47. The zero-order valence-electron chi connectivity index (χ0n) is 27.1. The first kappa shape index (κ1) is 28.9. The number of aromatic nitrogens is 2. The Morgan fingerprint density at radius 1 is 0.378 bits per heavy atom. The summed E-state index contributed by atoms with van der Waals surface area (Å²) in [4.78, 5) is 10.6. The first-order chi connectivity index (χ1) is 21.6. The molecule has 0 unspecified atom stereocenters. The molecule has 2 nitrogen and oxygen atoms in total. The van der Waals surface area contributed by atoms with Gasteiger partial charge in [-0.05, 0) is 67.8 Å². The van der Waals surface area contributed by atoms with Crippen LogP contribution in [0, 0.1) is 5.41 Å². The molecular formula is C43H40N2. The topological polar surface area (TPSA) is 25.8 Å². The van der Waals surface area contributed by atoms with Gasteiger partial charge in [-0.15, -0.1) is 0 Å². The van der Waals surface area contributed by atoms with Crippen LogP contribution < -0.4 is 0 Å². The molecule has 0 atom stereocenters. The van der Waals surface area contributed by atoms with Gasteiger partial charge < -0.3 is 0 Å². The molecule has 0 saturated heterocycles. The van der Waals surface area contributed by atoms with Crippen molar-refractivity contribution in [2.24, 2.45) is 5.41 Å². The maximum Gasteiger partial charge on any atom is 0.161 e. The van der Waals surface area contributed by atoms with Crippen molar-refractivity contribution < 1.29 is 0 Å². The summed E-state index contributed by atoms with van der Waals surface area (Å²) < 4.78 is 0. The zero-order chi connectivity index (χ0) is 31.4. The molecule has 7 rings (SSSR count). The molecule has 5 aromatic carbocycles. The molecule has 1 aromatic heterocycles. The van der Waals surface area contributed by atoms with E-state index >= 15 is 0 Å². The van der Waals surface area contributed by atoms with Crippen molar-refractivity contribution in [1.82, 2.24) is 9.97 Å². The van der Waals surface area contributed by atoms with Crippen molar-refractivity contribution in [3.05, 3.63) is 145 Å². The summed E-state index contributed by atoms with van der Waals surface area (Å²) in [7, 11) is 0. The summed E-state index contributed by atoms with van der Waals surface area (Å²) >= 11 is 0. The zero-order valence-corrected chi connectivity index (χ0v) is 27.1. The number of benzene rings is 5. The third-order valence-corrected chi connectivity index (χ3v) is 11.0. The summed E-state index contributed by atoms with van der Waals surface area (Å²) in [6.07, 6.45) is 0. The van der Waals surface area contributed by atoms with Gasteiger partial charge in [-0.3, -0.25) is 0 Å². The van der Waals surface area contributed by atoms with E-state index in [2.05, 4.69) is 175 Å². The van der Waals surface area contributed by atoms with Crippen molar-refractivity contribution in [1.29, 1.82) is 0 Å². The molecule has 6 aromatic rings. The largest absolute Gasteiger partial charge is 0.228 e. The van der Waals surface area contributed by atoms with E-state index in [0.717, 1.165) is 33.9 Å². The fourth-order valence-electron chi connectivity index (χ4n) is 7.07. The SMILES string of the molecule is CC1(C)c2cc(-c3ccccc3)c(-c3nc(-c4ccccc4)cc(-c4ccc(-c5ccccc5)cc4)n3)cc2C(C)(C)C1(C)C. The van der Waals surface area contributed by atoms with E-state index in [4.69, 9.17) is 9.97 Å². The van der Waals surface area contributed by atoms with E-state index in [-0.39, 0.29) is 16.2 Å². The maximum absolute atomic E-state index is 5.32. The Morgan fingerprint density at radius 3 is 1.27 bits per heavy atom. The second kappa shape index (κ2) is 10.7. The highest BCUT2D eigenvalue weighted by Gasteiger charge is 2.57. The molecule has 0 spiro atoms. The fourth-order valence-corrected chi connectivity index (χ4v) is 7.07. The predicted molar refractivity (Wildman–Crippen MR) is 189 cm³/mol. The van der Waals surface area contributed by atoms with Crippen molar-refractivity contribution >= 4 is 0 Å². The summed E-state index contributed by atoms with van der Waals surface area (Å²) in [6.45, 7) is 14.4. The lowest BCUT2D eigenvalue weighted by molar-refractivity contribution is 0.125. The van der Waals surface area contributed by atoms with Crippen LogP contribution in [0.15, 0.2) is 133 Å². The first-order valence-corrected chi connectivity index (χ1v) is 15.9. The van der Waals surface area contributed by atoms with Gasteiger partial charge in [0.15, 0.2) is 5.82 Å². The van der Waals surface area contributed by atoms with Crippen molar-refractivity contribution in [2.45, 2.75) is 52.4 Å². The van der Waals surface area contributed by atoms with Crippen molar-refractivity contribution in [3.8, 4) is 56.2 Å². The molecule has 1 heterocycles. The molecule has 0 bridgehead atoms. The summed E-state index contributed by atoms with van der Waals surface area (Å²) in [5.41, 5.74) is 12.6. The van der Waals surface area contributed by atoms with E-state index < -0.39 is 0 Å². The van der Waals surface area contributed by atoms with Crippen LogP contribution in [0.5, 0.6) is 0 Å². The Bertz CT molecular complexity index is 1990. The Morgan fingerprint density at radius 2 is 0.756 bits per heavy atom. The average molecular weight is 585 g/mol. The quantitative estimate of drug-likeness (QED) is 0.201. The molecule has 0 radical (unpaired) electrons. The highest BCUT2D eigenvalue weighted by molar-refractivity contribution is 5.85. The van der Waals surface area contributed by atoms with Crippen LogP contribution in [0.25, 0.3) is 56.2 Å². The summed E-state index contributed by atoms with van der Waals surface area (Å²) in [6, 6.07) is 47.4. The number of nitrogens with zero attached hydrogens (tertiary/aromatic N) is 2. The Kier molecular flexibility index (Phi) is 6.85. The number of hydrogen-bond acceptors (Lipinski definition) is 2. The minimum absolute atomic E-state index is 0.00764. The van der Waals surface area contributed by atoms with Gasteiger partial charge in [0, 0.05) is 16.7 Å². The van der Waals surface area contributed by atoms with E-state index in [1.54, 1.807) is 0 Å². The molecule has 1 aliphatic carbocycles. The minimum Gasteiger partial charge on any atom is -0.228 e. The van der Waals surface area contributed by atoms with Gasteiger partial charge in [0.25, 0.3) is 0 Å². The third kappa shape index (κ3) is 4.71. The van der Waals surface area contributed by atoms with Crippen LogP contribution in [0.1, 0.15) is 52.7 Å². The second-order valence-corrected chi connectivity index (χ2v) is 14.0. The summed E-state index contributed by atoms with van der Waals surface area (Å²) in [5.74, 6) is 0.749. The smallest absolute Gasteiger partial charge is 0.161 e. The number of hydrogen-bond donors (Lipinski definition) is 0. The minimum atomic E-state index is -0.0387. The molecule has 45 heavy (non-hydrogen) atoms. The monoisotopic (exact) mass is 584 g/mol. The molecule has 0 N–H and O–H groups in total. The standard InChI is InChI=1S/C43H40N2/c1-41(2)36-26-34(31-18-12-8-13-19-31)35(27-37(36)42(3,4)43(41,5)6)40-44-38(32-20-14-9-15-21-32)28-39(45-40)33-24-22-30(23-25-33)29-16-10-7-11-17-29/h7-28H,1-6H3. The molecule has 0 fully saturated rings. The maximum atomic E-state index is 5.32. The lowest BCUT2D eigenvalue weighted by Crippen LogP contribution is -2.42. The highest BCUT2D eigenvalue weighted by Crippen LogP contribution is 2.62. The van der Waals surface area contributed by atoms with E-state index in [9.17, 15) is 0 Å². The van der Waals surface area contributed by atoms with Crippen LogP contribution in [-0.4, -0.2) is 9.97 Å². The fraction of sp³-hybridized carbons (Fsp3) is 0.209. The third-order valence-electron chi connectivity index (χ3n) is 11.0. The highest BCUT2D eigenvalue weighted by atomic mass is 14.9. The van der Waals surface area contributed by atoms with Crippen LogP contribution in [0.2, 0.25) is 0 Å². The van der Waals surface area contributed by atoms with Crippen molar-refractivity contribution in [2.75, 3.05) is 0 Å². The van der Waals surface area contributed by atoms with Crippen LogP contribution in [0.3, 0.4) is 0 Å². The van der Waals surface area contributed by atoms with Crippen LogP contribution in [0.4, 0.5) is 0 Å². The molecule has 222 valence electrons. The van der Waals surface area contributed by atoms with Crippen molar-refractivity contribution in [3.63, 3.8) is 0 Å². The Hall–Kier alpha value is -4.82.